The number of nitrogens with zero attached hydrogens (tertiary/aromatic N) is 3. The lowest BCUT2D eigenvalue weighted by Crippen LogP contribution is -2.09. The smallest absolute Gasteiger partial charge is 0.213 e. The van der Waals surface area contributed by atoms with Gasteiger partial charge in [0.15, 0.2) is 5.82 Å². The van der Waals surface area contributed by atoms with Gasteiger partial charge in [-0.3, -0.25) is 0 Å². The monoisotopic (exact) mass is 400 g/mol. The molecule has 2 aromatic rings. The zero-order valence-electron chi connectivity index (χ0n) is 12.2. The number of pyridine rings is 1. The average Bonchev–Trinajstić information content (AvgIpc) is 2.51. The maximum atomic E-state index is 5.21. The Bertz CT molecular complexity index is 595. The summed E-state index contributed by atoms with van der Waals surface area (Å²) in [7, 11) is 3.23. The van der Waals surface area contributed by atoms with Gasteiger partial charge < -0.3 is 14.8 Å². The number of ether oxygens (including phenoxy) is 2. The molecule has 112 valence electrons. The zero-order chi connectivity index (χ0) is 15.2. The van der Waals surface area contributed by atoms with Crippen molar-refractivity contribution >= 4 is 28.4 Å². The van der Waals surface area contributed by atoms with Crippen LogP contribution in [0.4, 0.5) is 5.82 Å². The largest absolute Gasteiger partial charge is 0.481 e. The third kappa shape index (κ3) is 3.79. The predicted molar refractivity (Wildman–Crippen MR) is 89.4 cm³/mol. The van der Waals surface area contributed by atoms with Crippen LogP contribution in [-0.4, -0.2) is 35.7 Å². The Morgan fingerprint density at radius 2 is 2.00 bits per heavy atom. The summed E-state index contributed by atoms with van der Waals surface area (Å²) in [5, 5.41) is 3.24. The van der Waals surface area contributed by atoms with E-state index < -0.39 is 0 Å². The lowest BCUT2D eigenvalue weighted by atomic mass is 10.3. The van der Waals surface area contributed by atoms with Crippen LogP contribution in [0.5, 0.6) is 5.88 Å². The molecule has 2 aromatic heterocycles. The fourth-order valence-corrected chi connectivity index (χ4v) is 2.37. The highest BCUT2D eigenvalue weighted by molar-refractivity contribution is 14.1. The van der Waals surface area contributed by atoms with Gasteiger partial charge in [0, 0.05) is 19.7 Å². The minimum Gasteiger partial charge on any atom is -0.481 e. The topological polar surface area (TPSA) is 69.2 Å². The normalized spacial score (nSPS) is 10.5. The number of aromatic nitrogens is 3. The van der Waals surface area contributed by atoms with Crippen LogP contribution in [-0.2, 0) is 11.3 Å². The van der Waals surface area contributed by atoms with E-state index in [9.17, 15) is 0 Å². The van der Waals surface area contributed by atoms with Crippen LogP contribution in [0.25, 0.3) is 11.5 Å². The molecule has 0 radical (unpaired) electrons. The van der Waals surface area contributed by atoms with Gasteiger partial charge in [0.2, 0.25) is 5.88 Å². The van der Waals surface area contributed by atoms with Crippen LogP contribution in [0.1, 0.15) is 12.6 Å². The molecule has 0 aliphatic rings. The number of methoxy groups -OCH3 is 2. The fraction of sp³-hybridized carbons (Fsp3) is 0.357. The first kappa shape index (κ1) is 15.9. The van der Waals surface area contributed by atoms with Crippen LogP contribution in [0.2, 0.25) is 0 Å². The molecule has 0 aliphatic heterocycles. The van der Waals surface area contributed by atoms with Gasteiger partial charge in [0.25, 0.3) is 0 Å². The van der Waals surface area contributed by atoms with Gasteiger partial charge >= 0.3 is 0 Å². The number of anilines is 1. The maximum absolute atomic E-state index is 5.21. The van der Waals surface area contributed by atoms with E-state index in [4.69, 9.17) is 9.47 Å². The summed E-state index contributed by atoms with van der Waals surface area (Å²) in [4.78, 5) is 13.5. The standard InChI is InChI=1S/C14H17IN4O2/c1-4-16-14-12(15)10(8-20-2)18-13(19-14)9-6-5-7-11(17-9)21-3/h5-7H,4,8H2,1-3H3,(H,16,18,19). The molecular weight excluding hydrogens is 383 g/mol. The first-order chi connectivity index (χ1) is 10.2. The molecule has 6 nitrogen and oxygen atoms in total. The van der Waals surface area contributed by atoms with Crippen molar-refractivity contribution in [3.63, 3.8) is 0 Å². The number of hydrogen-bond acceptors (Lipinski definition) is 6. The van der Waals surface area contributed by atoms with Gasteiger partial charge in [-0.15, -0.1) is 0 Å². The molecule has 2 heterocycles. The summed E-state index contributed by atoms with van der Waals surface area (Å²) >= 11 is 2.23. The van der Waals surface area contributed by atoms with Crippen molar-refractivity contribution in [2.24, 2.45) is 0 Å². The Labute approximate surface area is 137 Å². The molecule has 0 aromatic carbocycles. The number of nitrogens with one attached hydrogen (secondary N) is 1. The van der Waals surface area contributed by atoms with Crippen molar-refractivity contribution in [1.82, 2.24) is 15.0 Å². The molecule has 1 N–H and O–H groups in total. The van der Waals surface area contributed by atoms with E-state index in [1.807, 2.05) is 19.1 Å². The van der Waals surface area contributed by atoms with Crippen molar-refractivity contribution < 1.29 is 9.47 Å². The van der Waals surface area contributed by atoms with Gasteiger partial charge in [-0.25, -0.2) is 15.0 Å². The highest BCUT2D eigenvalue weighted by atomic mass is 127. The number of rotatable bonds is 6. The van der Waals surface area contributed by atoms with E-state index >= 15 is 0 Å². The first-order valence-electron chi connectivity index (χ1n) is 6.50. The molecule has 2 rings (SSSR count). The van der Waals surface area contributed by atoms with Crippen molar-refractivity contribution in [3.05, 3.63) is 27.5 Å². The van der Waals surface area contributed by atoms with E-state index in [1.165, 1.54) is 0 Å². The Hall–Kier alpha value is -1.48. The predicted octanol–water partition coefficient (Wildman–Crippen LogP) is 2.73. The lowest BCUT2D eigenvalue weighted by molar-refractivity contribution is 0.181. The van der Waals surface area contributed by atoms with Gasteiger partial charge in [0.1, 0.15) is 11.5 Å². The van der Waals surface area contributed by atoms with E-state index in [1.54, 1.807) is 20.3 Å². The third-order valence-electron chi connectivity index (χ3n) is 2.71. The van der Waals surface area contributed by atoms with E-state index in [-0.39, 0.29) is 0 Å². The van der Waals surface area contributed by atoms with Gasteiger partial charge in [0.05, 0.1) is 23.0 Å². The molecule has 0 saturated carbocycles. The minimum absolute atomic E-state index is 0.427. The SMILES string of the molecule is CCNc1nc(-c2cccc(OC)n2)nc(COC)c1I. The van der Waals surface area contributed by atoms with Crippen LogP contribution >= 0.6 is 22.6 Å². The average molecular weight is 400 g/mol. The molecule has 0 spiro atoms. The Morgan fingerprint density at radius 1 is 1.19 bits per heavy atom. The van der Waals surface area contributed by atoms with E-state index in [0.29, 0.717) is 24.0 Å². The van der Waals surface area contributed by atoms with E-state index in [2.05, 4.69) is 42.9 Å². The van der Waals surface area contributed by atoms with Crippen LogP contribution in [0.15, 0.2) is 18.2 Å². The Balaban J connectivity index is 2.51. The van der Waals surface area contributed by atoms with Crippen molar-refractivity contribution in [2.75, 3.05) is 26.1 Å². The highest BCUT2D eigenvalue weighted by Crippen LogP contribution is 2.24. The maximum Gasteiger partial charge on any atom is 0.213 e. The van der Waals surface area contributed by atoms with Crippen molar-refractivity contribution in [3.8, 4) is 17.4 Å². The summed E-state index contributed by atoms with van der Waals surface area (Å²) < 4.78 is 11.3. The van der Waals surface area contributed by atoms with Crippen molar-refractivity contribution in [1.29, 1.82) is 0 Å². The molecular formula is C14H17IN4O2. The second kappa shape index (κ2) is 7.51. The quantitative estimate of drug-likeness (QED) is 0.753. The minimum atomic E-state index is 0.427. The molecule has 0 bridgehead atoms. The summed E-state index contributed by atoms with van der Waals surface area (Å²) in [6.07, 6.45) is 0. The Morgan fingerprint density at radius 3 is 2.67 bits per heavy atom. The molecule has 0 fully saturated rings. The van der Waals surface area contributed by atoms with Crippen LogP contribution in [0, 0.1) is 3.57 Å². The second-order valence-corrected chi connectivity index (χ2v) is 5.26. The molecule has 0 amide bonds. The number of halogens is 1. The zero-order valence-corrected chi connectivity index (χ0v) is 14.3. The highest BCUT2D eigenvalue weighted by Gasteiger charge is 2.14. The van der Waals surface area contributed by atoms with Crippen LogP contribution in [0.3, 0.4) is 0 Å². The molecule has 21 heavy (non-hydrogen) atoms. The van der Waals surface area contributed by atoms with Gasteiger partial charge in [-0.05, 0) is 35.6 Å². The summed E-state index contributed by atoms with van der Waals surface area (Å²) in [6.45, 7) is 3.23. The second-order valence-electron chi connectivity index (χ2n) is 4.19. The number of hydrogen-bond donors (Lipinski definition) is 1. The third-order valence-corrected chi connectivity index (χ3v) is 3.84. The molecule has 0 saturated heterocycles. The molecule has 0 unspecified atom stereocenters. The Kier molecular flexibility index (Phi) is 5.68. The van der Waals surface area contributed by atoms with E-state index in [0.717, 1.165) is 21.6 Å². The molecule has 7 heteroatoms. The fourth-order valence-electron chi connectivity index (χ4n) is 1.78. The molecule has 0 aliphatic carbocycles. The van der Waals surface area contributed by atoms with Gasteiger partial charge in [-0.1, -0.05) is 6.07 Å². The van der Waals surface area contributed by atoms with Crippen molar-refractivity contribution in [2.45, 2.75) is 13.5 Å². The lowest BCUT2D eigenvalue weighted by Gasteiger charge is -2.12. The summed E-state index contributed by atoms with van der Waals surface area (Å²) in [5.74, 6) is 1.88. The van der Waals surface area contributed by atoms with Crippen LogP contribution < -0.4 is 10.1 Å². The molecule has 0 atom stereocenters. The van der Waals surface area contributed by atoms with Gasteiger partial charge in [-0.2, -0.15) is 0 Å². The first-order valence-corrected chi connectivity index (χ1v) is 7.58. The summed E-state index contributed by atoms with van der Waals surface area (Å²) in [5.41, 5.74) is 1.51. The summed E-state index contributed by atoms with van der Waals surface area (Å²) in [6, 6.07) is 5.51.